The second-order valence-corrected chi connectivity index (χ2v) is 5.40. The number of carbonyl (C=O) groups is 1. The zero-order valence-corrected chi connectivity index (χ0v) is 11.7. The molecule has 20 heavy (non-hydrogen) atoms. The lowest BCUT2D eigenvalue weighted by Gasteiger charge is -2.32. The Morgan fingerprint density at radius 1 is 1.55 bits per heavy atom. The molecule has 0 unspecified atom stereocenters. The van der Waals surface area contributed by atoms with E-state index in [2.05, 4.69) is 27.3 Å². The normalized spacial score (nSPS) is 23.5. The Bertz CT molecular complexity index is 665. The third-order valence-corrected chi connectivity index (χ3v) is 4.20. The first-order valence-electron chi connectivity index (χ1n) is 6.80. The number of benzene rings is 1. The predicted molar refractivity (Wildman–Crippen MR) is 77.0 cm³/mol. The van der Waals surface area contributed by atoms with Crippen LogP contribution in [0.1, 0.15) is 35.9 Å². The fourth-order valence-electron chi connectivity index (χ4n) is 3.05. The number of rotatable bonds is 3. The van der Waals surface area contributed by atoms with Gasteiger partial charge in [0.15, 0.2) is 0 Å². The number of amides is 1. The third-order valence-electron chi connectivity index (χ3n) is 4.20. The number of imidazole rings is 1. The molecule has 6 nitrogen and oxygen atoms in total. The van der Waals surface area contributed by atoms with Crippen molar-refractivity contribution in [3.8, 4) is 0 Å². The van der Waals surface area contributed by atoms with Gasteiger partial charge in [-0.3, -0.25) is 10.2 Å². The van der Waals surface area contributed by atoms with Crippen LogP contribution in [0.4, 0.5) is 0 Å². The topological polar surface area (TPSA) is 87.0 Å². The number of hydrogen-bond acceptors (Lipinski definition) is 4. The highest BCUT2D eigenvalue weighted by Gasteiger charge is 2.40. The van der Waals surface area contributed by atoms with E-state index in [1.165, 1.54) is 0 Å². The van der Waals surface area contributed by atoms with Crippen molar-refractivity contribution < 1.29 is 4.79 Å². The number of carbonyl (C=O) groups excluding carboxylic acids is 1. The van der Waals surface area contributed by atoms with E-state index >= 15 is 0 Å². The highest BCUT2D eigenvalue weighted by atomic mass is 16.1. The summed E-state index contributed by atoms with van der Waals surface area (Å²) in [6, 6.07) is 5.44. The number of nitrogens with two attached hydrogens (primary N) is 1. The minimum atomic E-state index is -0.448. The molecule has 0 aliphatic carbocycles. The molecule has 1 saturated heterocycles. The van der Waals surface area contributed by atoms with Crippen molar-refractivity contribution in [2.45, 2.75) is 25.3 Å². The summed E-state index contributed by atoms with van der Waals surface area (Å²) in [7, 11) is 1.92. The van der Waals surface area contributed by atoms with Crippen LogP contribution in [0.3, 0.4) is 0 Å². The van der Waals surface area contributed by atoms with E-state index in [1.54, 1.807) is 6.07 Å². The largest absolute Gasteiger partial charge is 0.366 e. The van der Waals surface area contributed by atoms with Crippen LogP contribution in [-0.2, 0) is 5.54 Å². The maximum absolute atomic E-state index is 11.5. The Labute approximate surface area is 117 Å². The minimum Gasteiger partial charge on any atom is -0.366 e. The van der Waals surface area contributed by atoms with E-state index in [0.717, 1.165) is 30.7 Å². The lowest BCUT2D eigenvalue weighted by molar-refractivity contribution is 0.0961. The zero-order valence-electron chi connectivity index (χ0n) is 11.7. The van der Waals surface area contributed by atoms with E-state index in [4.69, 9.17) is 5.73 Å². The second-order valence-electron chi connectivity index (χ2n) is 5.40. The molecule has 2 heterocycles. The Kier molecular flexibility index (Phi) is 2.99. The number of para-hydroxylation sites is 1. The molecular formula is C14H19N5O. The minimum absolute atomic E-state index is 0.192. The highest BCUT2D eigenvalue weighted by molar-refractivity contribution is 6.04. The van der Waals surface area contributed by atoms with Crippen molar-refractivity contribution in [3.63, 3.8) is 0 Å². The van der Waals surface area contributed by atoms with Gasteiger partial charge in [0.1, 0.15) is 11.3 Å². The number of nitrogens with one attached hydrogen (secondary N) is 2. The molecule has 1 amide bonds. The van der Waals surface area contributed by atoms with E-state index in [9.17, 15) is 4.79 Å². The van der Waals surface area contributed by atoms with Crippen LogP contribution in [0.5, 0.6) is 0 Å². The molecule has 3 rings (SSSR count). The van der Waals surface area contributed by atoms with Gasteiger partial charge >= 0.3 is 0 Å². The molecule has 6 heteroatoms. The molecular weight excluding hydrogens is 254 g/mol. The van der Waals surface area contributed by atoms with E-state index < -0.39 is 5.91 Å². The molecule has 1 aromatic carbocycles. The van der Waals surface area contributed by atoms with Gasteiger partial charge in [-0.05, 0) is 38.9 Å². The van der Waals surface area contributed by atoms with Gasteiger partial charge in [-0.25, -0.2) is 9.99 Å². The second kappa shape index (κ2) is 4.57. The van der Waals surface area contributed by atoms with Crippen molar-refractivity contribution in [2.75, 3.05) is 13.6 Å². The van der Waals surface area contributed by atoms with Gasteiger partial charge in [0.2, 0.25) is 0 Å². The Morgan fingerprint density at radius 3 is 3.05 bits per heavy atom. The fraction of sp³-hybridized carbons (Fsp3) is 0.429. The standard InChI is InChI=1S/C14H19N5O/c1-14(7-4-8-19(14)16-2)13-17-10-6-3-5-9(12(15)20)11(10)18-13/h3,5-6,16H,4,7-8H2,1-2H3,(H2,15,20)(H,17,18)/t14-/m0/s1. The summed E-state index contributed by atoms with van der Waals surface area (Å²) in [5.74, 6) is 0.420. The quantitative estimate of drug-likeness (QED) is 0.781. The highest BCUT2D eigenvalue weighted by Crippen LogP contribution is 2.36. The summed E-state index contributed by atoms with van der Waals surface area (Å²) in [6.45, 7) is 3.13. The van der Waals surface area contributed by atoms with Gasteiger partial charge in [-0.15, -0.1) is 0 Å². The molecule has 0 radical (unpaired) electrons. The third kappa shape index (κ3) is 1.80. The molecule has 1 aromatic heterocycles. The summed E-state index contributed by atoms with van der Waals surface area (Å²) < 4.78 is 0. The molecule has 1 atom stereocenters. The number of primary amides is 1. The van der Waals surface area contributed by atoms with Crippen molar-refractivity contribution in [1.82, 2.24) is 20.4 Å². The molecule has 0 saturated carbocycles. The number of hydrazine groups is 1. The van der Waals surface area contributed by atoms with E-state index in [-0.39, 0.29) is 5.54 Å². The monoisotopic (exact) mass is 273 g/mol. The van der Waals surface area contributed by atoms with Crippen LogP contribution in [0.2, 0.25) is 0 Å². The van der Waals surface area contributed by atoms with Gasteiger partial charge < -0.3 is 10.7 Å². The summed E-state index contributed by atoms with van der Waals surface area (Å²) in [6.07, 6.45) is 2.12. The molecule has 0 spiro atoms. The van der Waals surface area contributed by atoms with Crippen LogP contribution >= 0.6 is 0 Å². The number of aromatic amines is 1. The molecule has 4 N–H and O–H groups in total. The van der Waals surface area contributed by atoms with Crippen LogP contribution in [0, 0.1) is 0 Å². The van der Waals surface area contributed by atoms with Crippen LogP contribution in [0.15, 0.2) is 18.2 Å². The van der Waals surface area contributed by atoms with Crippen LogP contribution in [0.25, 0.3) is 11.0 Å². The van der Waals surface area contributed by atoms with Gasteiger partial charge in [0, 0.05) is 6.54 Å². The number of fused-ring (bicyclic) bond motifs is 1. The maximum atomic E-state index is 11.5. The van der Waals surface area contributed by atoms with Gasteiger partial charge in [0.05, 0.1) is 16.6 Å². The van der Waals surface area contributed by atoms with E-state index in [1.807, 2.05) is 19.2 Å². The van der Waals surface area contributed by atoms with Crippen molar-refractivity contribution in [2.24, 2.45) is 5.73 Å². The molecule has 1 fully saturated rings. The first-order valence-corrected chi connectivity index (χ1v) is 6.80. The first kappa shape index (κ1) is 13.1. The smallest absolute Gasteiger partial charge is 0.250 e. The van der Waals surface area contributed by atoms with Crippen molar-refractivity contribution in [3.05, 3.63) is 29.6 Å². The molecule has 106 valence electrons. The number of H-pyrrole nitrogens is 1. The number of aromatic nitrogens is 2. The van der Waals surface area contributed by atoms with Gasteiger partial charge in [-0.2, -0.15) is 0 Å². The number of hydrogen-bond donors (Lipinski definition) is 3. The van der Waals surface area contributed by atoms with Crippen LogP contribution in [-0.4, -0.2) is 34.5 Å². The van der Waals surface area contributed by atoms with Crippen LogP contribution < -0.4 is 11.2 Å². The summed E-state index contributed by atoms with van der Waals surface area (Å²) in [4.78, 5) is 19.5. The Balaban J connectivity index is 2.14. The average Bonchev–Trinajstić information content (AvgIpc) is 3.01. The van der Waals surface area contributed by atoms with Crippen molar-refractivity contribution >= 4 is 16.9 Å². The molecule has 1 aliphatic rings. The zero-order chi connectivity index (χ0) is 14.3. The molecule has 2 aromatic rings. The Morgan fingerprint density at radius 2 is 2.35 bits per heavy atom. The lowest BCUT2D eigenvalue weighted by Crippen LogP contribution is -2.46. The predicted octanol–water partition coefficient (Wildman–Crippen LogP) is 1.11. The van der Waals surface area contributed by atoms with Gasteiger partial charge in [-0.1, -0.05) is 6.07 Å². The number of nitrogens with zero attached hydrogens (tertiary/aromatic N) is 2. The summed E-state index contributed by atoms with van der Waals surface area (Å²) >= 11 is 0. The first-order chi connectivity index (χ1) is 9.56. The fourth-order valence-corrected chi connectivity index (χ4v) is 3.05. The molecule has 1 aliphatic heterocycles. The maximum Gasteiger partial charge on any atom is 0.250 e. The van der Waals surface area contributed by atoms with E-state index in [0.29, 0.717) is 11.1 Å². The average molecular weight is 273 g/mol. The lowest BCUT2D eigenvalue weighted by atomic mass is 9.99. The summed E-state index contributed by atoms with van der Waals surface area (Å²) in [5.41, 5.74) is 10.4. The Hall–Kier alpha value is -1.92. The SMILES string of the molecule is CNN1CCC[C@@]1(C)c1nc2c(C(N)=O)cccc2[nH]1. The van der Waals surface area contributed by atoms with Crippen molar-refractivity contribution in [1.29, 1.82) is 0 Å². The molecule has 0 bridgehead atoms. The summed E-state index contributed by atoms with van der Waals surface area (Å²) in [5, 5.41) is 2.18. The van der Waals surface area contributed by atoms with Gasteiger partial charge in [0.25, 0.3) is 5.91 Å².